The van der Waals surface area contributed by atoms with Crippen LogP contribution in [0.2, 0.25) is 0 Å². The molecule has 0 spiro atoms. The summed E-state index contributed by atoms with van der Waals surface area (Å²) in [7, 11) is 0. The summed E-state index contributed by atoms with van der Waals surface area (Å²) in [6.45, 7) is 0.656. The van der Waals surface area contributed by atoms with E-state index in [0.29, 0.717) is 13.1 Å². The van der Waals surface area contributed by atoms with Crippen molar-refractivity contribution in [2.24, 2.45) is 0 Å². The minimum absolute atomic E-state index is 0.117. The predicted octanol–water partition coefficient (Wildman–Crippen LogP) is 2.58. The van der Waals surface area contributed by atoms with E-state index < -0.39 is 10.7 Å². The van der Waals surface area contributed by atoms with E-state index in [1.54, 1.807) is 17.5 Å². The Bertz CT molecular complexity index is 615. The number of nitrogens with zero attached hydrogens (tertiary/aromatic N) is 1. The summed E-state index contributed by atoms with van der Waals surface area (Å²) < 4.78 is 13.2. The number of nitrogens with one attached hydrogen (secondary N) is 1. The molecule has 7 heteroatoms. The molecule has 0 saturated carbocycles. The first kappa shape index (κ1) is 14.6. The van der Waals surface area contributed by atoms with Crippen LogP contribution in [0, 0.1) is 15.9 Å². The summed E-state index contributed by atoms with van der Waals surface area (Å²) in [5.74, 6) is -0.426. The van der Waals surface area contributed by atoms with Crippen LogP contribution in [0.15, 0.2) is 29.6 Å². The molecule has 1 aromatic carbocycles. The Kier molecular flexibility index (Phi) is 4.78. The third-order valence-corrected chi connectivity index (χ3v) is 3.69. The number of hydrogen-bond acceptors (Lipinski definition) is 5. The first-order valence-electron chi connectivity index (χ1n) is 5.91. The highest BCUT2D eigenvalue weighted by atomic mass is 32.1. The lowest BCUT2D eigenvalue weighted by Crippen LogP contribution is -2.12. The van der Waals surface area contributed by atoms with Gasteiger partial charge in [-0.05, 0) is 23.3 Å². The molecule has 0 aliphatic carbocycles. The fourth-order valence-corrected chi connectivity index (χ4v) is 2.49. The molecule has 5 nitrogen and oxygen atoms in total. The molecule has 1 aromatic heterocycles. The standard InChI is InChI=1S/C13H13FN2O3S/c14-12-2-1-9(3-11(12)7-17)5-15-6-10-4-13(16(18)19)20-8-10/h1-4,8,15,17H,5-7H2. The molecule has 0 amide bonds. The van der Waals surface area contributed by atoms with E-state index in [1.165, 1.54) is 12.1 Å². The topological polar surface area (TPSA) is 75.4 Å². The van der Waals surface area contributed by atoms with Gasteiger partial charge in [0.2, 0.25) is 0 Å². The van der Waals surface area contributed by atoms with Crippen LogP contribution in [0.25, 0.3) is 0 Å². The highest BCUT2D eigenvalue weighted by Gasteiger charge is 2.09. The van der Waals surface area contributed by atoms with Crippen LogP contribution >= 0.6 is 11.3 Å². The monoisotopic (exact) mass is 296 g/mol. The summed E-state index contributed by atoms with van der Waals surface area (Å²) in [5.41, 5.74) is 1.95. The fraction of sp³-hybridized carbons (Fsp3) is 0.231. The Morgan fingerprint density at radius 1 is 1.30 bits per heavy atom. The van der Waals surface area contributed by atoms with Crippen molar-refractivity contribution in [3.05, 3.63) is 62.3 Å². The summed E-state index contributed by atoms with van der Waals surface area (Å²) in [4.78, 5) is 10.1. The number of aliphatic hydroxyl groups excluding tert-OH is 1. The van der Waals surface area contributed by atoms with Crippen molar-refractivity contribution in [3.63, 3.8) is 0 Å². The first-order chi connectivity index (χ1) is 9.60. The van der Waals surface area contributed by atoms with Gasteiger partial charge >= 0.3 is 5.00 Å². The minimum Gasteiger partial charge on any atom is -0.392 e. The van der Waals surface area contributed by atoms with Crippen molar-refractivity contribution in [3.8, 4) is 0 Å². The quantitative estimate of drug-likeness (QED) is 0.634. The molecule has 0 aliphatic heterocycles. The van der Waals surface area contributed by atoms with Crippen LogP contribution < -0.4 is 5.32 Å². The van der Waals surface area contributed by atoms with Crippen LogP contribution in [0.5, 0.6) is 0 Å². The van der Waals surface area contributed by atoms with Crippen LogP contribution in [-0.4, -0.2) is 10.0 Å². The second-order valence-electron chi connectivity index (χ2n) is 4.24. The Morgan fingerprint density at radius 3 is 2.70 bits per heavy atom. The lowest BCUT2D eigenvalue weighted by atomic mass is 10.1. The average Bonchev–Trinajstić information content (AvgIpc) is 2.89. The molecule has 0 saturated heterocycles. The number of rotatable bonds is 6. The van der Waals surface area contributed by atoms with Crippen molar-refractivity contribution < 1.29 is 14.4 Å². The summed E-state index contributed by atoms with van der Waals surface area (Å²) in [6.07, 6.45) is 0. The number of aliphatic hydroxyl groups is 1. The number of hydrogen-bond donors (Lipinski definition) is 2. The van der Waals surface area contributed by atoms with Gasteiger partial charge in [-0.3, -0.25) is 10.1 Å². The van der Waals surface area contributed by atoms with Crippen molar-refractivity contribution in [2.75, 3.05) is 0 Å². The van der Waals surface area contributed by atoms with E-state index in [9.17, 15) is 14.5 Å². The molecule has 2 rings (SSSR count). The average molecular weight is 296 g/mol. The van der Waals surface area contributed by atoms with Crippen LogP contribution in [0.4, 0.5) is 9.39 Å². The van der Waals surface area contributed by atoms with Crippen molar-refractivity contribution in [2.45, 2.75) is 19.7 Å². The molecule has 0 atom stereocenters. The lowest BCUT2D eigenvalue weighted by molar-refractivity contribution is -0.380. The molecular weight excluding hydrogens is 283 g/mol. The van der Waals surface area contributed by atoms with Gasteiger partial charge in [-0.25, -0.2) is 4.39 Å². The van der Waals surface area contributed by atoms with Gasteiger partial charge in [0.1, 0.15) is 5.82 Å². The molecule has 2 aromatic rings. The van der Waals surface area contributed by atoms with E-state index >= 15 is 0 Å². The van der Waals surface area contributed by atoms with Gasteiger partial charge in [0, 0.05) is 30.1 Å². The van der Waals surface area contributed by atoms with Gasteiger partial charge in [-0.2, -0.15) is 0 Å². The van der Waals surface area contributed by atoms with E-state index in [1.807, 2.05) is 0 Å². The Morgan fingerprint density at radius 2 is 2.05 bits per heavy atom. The van der Waals surface area contributed by atoms with E-state index in [4.69, 9.17) is 5.11 Å². The molecule has 0 unspecified atom stereocenters. The first-order valence-corrected chi connectivity index (χ1v) is 6.79. The molecule has 0 radical (unpaired) electrons. The molecule has 0 bridgehead atoms. The molecule has 0 fully saturated rings. The smallest absolute Gasteiger partial charge is 0.324 e. The van der Waals surface area contributed by atoms with E-state index in [0.717, 1.165) is 22.5 Å². The van der Waals surface area contributed by atoms with Gasteiger partial charge in [-0.15, -0.1) is 0 Å². The molecule has 1 heterocycles. The van der Waals surface area contributed by atoms with Gasteiger partial charge in [0.15, 0.2) is 0 Å². The fourth-order valence-electron chi connectivity index (χ4n) is 1.76. The molecule has 0 aliphatic rings. The second-order valence-corrected chi connectivity index (χ2v) is 5.13. The third-order valence-electron chi connectivity index (χ3n) is 2.76. The van der Waals surface area contributed by atoms with E-state index in [-0.39, 0.29) is 17.2 Å². The third kappa shape index (κ3) is 3.60. The highest BCUT2D eigenvalue weighted by molar-refractivity contribution is 7.13. The molecule has 2 N–H and O–H groups in total. The van der Waals surface area contributed by atoms with Crippen molar-refractivity contribution >= 4 is 16.3 Å². The summed E-state index contributed by atoms with van der Waals surface area (Å²) >= 11 is 1.09. The van der Waals surface area contributed by atoms with Gasteiger partial charge in [0.25, 0.3) is 0 Å². The number of benzene rings is 1. The number of nitro groups is 1. The largest absolute Gasteiger partial charge is 0.392 e. The number of halogens is 1. The molecule has 20 heavy (non-hydrogen) atoms. The SMILES string of the molecule is O=[N+]([O-])c1cc(CNCc2ccc(F)c(CO)c2)cs1. The Balaban J connectivity index is 1.90. The van der Waals surface area contributed by atoms with Crippen LogP contribution in [0.3, 0.4) is 0 Å². The molecular formula is C13H13FN2O3S. The van der Waals surface area contributed by atoms with Crippen molar-refractivity contribution in [1.29, 1.82) is 0 Å². The Labute approximate surface area is 118 Å². The summed E-state index contributed by atoms with van der Waals surface area (Å²) in [5, 5.41) is 24.5. The lowest BCUT2D eigenvalue weighted by Gasteiger charge is -2.06. The minimum atomic E-state index is -0.426. The highest BCUT2D eigenvalue weighted by Crippen LogP contribution is 2.22. The zero-order chi connectivity index (χ0) is 14.5. The van der Waals surface area contributed by atoms with Crippen molar-refractivity contribution in [1.82, 2.24) is 5.32 Å². The predicted molar refractivity (Wildman–Crippen MR) is 73.8 cm³/mol. The maximum Gasteiger partial charge on any atom is 0.324 e. The zero-order valence-electron chi connectivity index (χ0n) is 10.5. The Hall–Kier alpha value is -1.83. The van der Waals surface area contributed by atoms with E-state index in [2.05, 4.69) is 5.32 Å². The second kappa shape index (κ2) is 6.56. The van der Waals surface area contributed by atoms with Gasteiger partial charge < -0.3 is 10.4 Å². The maximum absolute atomic E-state index is 13.2. The molecule has 106 valence electrons. The van der Waals surface area contributed by atoms with Gasteiger partial charge in [-0.1, -0.05) is 17.4 Å². The number of thiophene rings is 1. The normalized spacial score (nSPS) is 10.7. The maximum atomic E-state index is 13.2. The summed E-state index contributed by atoms with van der Waals surface area (Å²) in [6, 6.07) is 6.08. The van der Waals surface area contributed by atoms with Crippen LogP contribution in [0.1, 0.15) is 16.7 Å². The zero-order valence-corrected chi connectivity index (χ0v) is 11.3. The van der Waals surface area contributed by atoms with Gasteiger partial charge in [0.05, 0.1) is 11.5 Å². The van der Waals surface area contributed by atoms with Crippen LogP contribution in [-0.2, 0) is 19.7 Å².